The third-order valence-electron chi connectivity index (χ3n) is 4.75. The van der Waals surface area contributed by atoms with E-state index in [2.05, 4.69) is 11.8 Å². The summed E-state index contributed by atoms with van der Waals surface area (Å²) in [6.07, 6.45) is -3.79. The molecule has 1 aromatic heterocycles. The van der Waals surface area contributed by atoms with Gasteiger partial charge >= 0.3 is 12.1 Å². The molecule has 5 nitrogen and oxygen atoms in total. The second-order valence-electron chi connectivity index (χ2n) is 6.92. The number of benzene rings is 3. The second-order valence-corrected chi connectivity index (χ2v) is 8.73. The summed E-state index contributed by atoms with van der Waals surface area (Å²) in [5.74, 6) is 3.49. The van der Waals surface area contributed by atoms with Crippen LogP contribution in [0.3, 0.4) is 0 Å². The number of amides is 1. The quantitative estimate of drug-likeness (QED) is 0.440. The van der Waals surface area contributed by atoms with Gasteiger partial charge in [0.15, 0.2) is 0 Å². The van der Waals surface area contributed by atoms with Crippen molar-refractivity contribution in [3.8, 4) is 11.8 Å². The normalized spacial score (nSPS) is 11.6. The van der Waals surface area contributed by atoms with Crippen LogP contribution >= 0.6 is 0 Å². The number of aromatic nitrogens is 1. The number of anilines is 1. The Bertz CT molecular complexity index is 1500. The molecule has 0 radical (unpaired) electrons. The van der Waals surface area contributed by atoms with E-state index >= 15 is 0 Å². The molecule has 4 rings (SSSR count). The summed E-state index contributed by atoms with van der Waals surface area (Å²) in [6.45, 7) is 0. The van der Waals surface area contributed by atoms with E-state index in [1.54, 1.807) is 48.5 Å². The minimum atomic E-state index is -5.10. The Kier molecular flexibility index (Phi) is 5.70. The van der Waals surface area contributed by atoms with E-state index in [1.807, 2.05) is 5.32 Å². The maximum atomic E-state index is 13.1. The number of carbonyl (C=O) groups excluding carboxylic acids is 1. The van der Waals surface area contributed by atoms with E-state index in [4.69, 9.17) is 0 Å². The molecule has 9 heteroatoms. The third kappa shape index (κ3) is 4.47. The van der Waals surface area contributed by atoms with E-state index in [-0.39, 0.29) is 27.0 Å². The fourth-order valence-corrected chi connectivity index (χ4v) is 4.56. The predicted octanol–water partition coefficient (Wildman–Crippen LogP) is 4.78. The van der Waals surface area contributed by atoms with Gasteiger partial charge in [0.05, 0.1) is 21.7 Å². The summed E-state index contributed by atoms with van der Waals surface area (Å²) in [5.41, 5.74) is 0.694. The van der Waals surface area contributed by atoms with E-state index in [9.17, 15) is 26.4 Å². The number of fused-ring (bicyclic) bond motifs is 1. The van der Waals surface area contributed by atoms with Crippen LogP contribution in [0.1, 0.15) is 11.1 Å². The molecule has 1 N–H and O–H groups in total. The van der Waals surface area contributed by atoms with E-state index < -0.39 is 22.1 Å². The van der Waals surface area contributed by atoms with Crippen LogP contribution in [0, 0.1) is 11.8 Å². The number of nitrogens with one attached hydrogen (secondary N) is 1. The summed E-state index contributed by atoms with van der Waals surface area (Å²) < 4.78 is 65.8. The highest BCUT2D eigenvalue weighted by Crippen LogP contribution is 2.30. The van der Waals surface area contributed by atoms with Crippen LogP contribution in [0.4, 0.5) is 18.9 Å². The summed E-state index contributed by atoms with van der Waals surface area (Å²) >= 11 is 0. The first kappa shape index (κ1) is 22.2. The SMILES string of the molecule is O=C(Nc1ccc2c(ccn2S(=O)(=O)c2ccccc2)c1C#Cc1ccccc1)C(F)(F)F. The second kappa shape index (κ2) is 8.48. The van der Waals surface area contributed by atoms with Gasteiger partial charge in [0.2, 0.25) is 0 Å². The van der Waals surface area contributed by atoms with Crippen LogP contribution in [-0.2, 0) is 14.8 Å². The molecule has 0 aliphatic rings. The van der Waals surface area contributed by atoms with Crippen molar-refractivity contribution < 1.29 is 26.4 Å². The number of nitrogens with zero attached hydrogens (tertiary/aromatic N) is 1. The molecule has 0 bridgehead atoms. The van der Waals surface area contributed by atoms with Crippen LogP contribution in [0.15, 0.2) is 90.0 Å². The largest absolute Gasteiger partial charge is 0.471 e. The van der Waals surface area contributed by atoms with Gasteiger partial charge in [0.1, 0.15) is 0 Å². The van der Waals surface area contributed by atoms with Crippen molar-refractivity contribution in [1.82, 2.24) is 3.97 Å². The number of alkyl halides is 3. The van der Waals surface area contributed by atoms with Crippen molar-refractivity contribution in [3.63, 3.8) is 0 Å². The van der Waals surface area contributed by atoms with Crippen molar-refractivity contribution in [2.45, 2.75) is 11.1 Å². The standard InChI is InChI=1S/C24H15F3N2O3S/c25-24(26,27)23(30)28-21-13-14-22-20(19(21)12-11-17-7-3-1-4-8-17)15-16-29(22)33(31,32)18-9-5-2-6-10-18/h1-10,13-16H,(H,28,30). The molecule has 1 amide bonds. The molecule has 1 heterocycles. The first-order chi connectivity index (χ1) is 15.7. The molecule has 0 spiro atoms. The van der Waals surface area contributed by atoms with Crippen molar-refractivity contribution >= 4 is 32.5 Å². The molecular formula is C24H15F3N2O3S. The van der Waals surface area contributed by atoms with Gasteiger partial charge in [-0.15, -0.1) is 0 Å². The molecule has 0 aliphatic carbocycles. The topological polar surface area (TPSA) is 68.2 Å². The first-order valence-electron chi connectivity index (χ1n) is 9.58. The average Bonchev–Trinajstić information content (AvgIpc) is 3.24. The highest BCUT2D eigenvalue weighted by atomic mass is 32.2. The van der Waals surface area contributed by atoms with Crippen molar-refractivity contribution in [3.05, 3.63) is 96.2 Å². The van der Waals surface area contributed by atoms with E-state index in [0.717, 1.165) is 3.97 Å². The number of hydrogen-bond acceptors (Lipinski definition) is 3. The Hall–Kier alpha value is -4.03. The molecular weight excluding hydrogens is 453 g/mol. The molecule has 4 aromatic rings. The van der Waals surface area contributed by atoms with Crippen LogP contribution in [0.5, 0.6) is 0 Å². The summed E-state index contributed by atoms with van der Waals surface area (Å²) in [4.78, 5) is 11.6. The molecule has 33 heavy (non-hydrogen) atoms. The molecule has 0 unspecified atom stereocenters. The van der Waals surface area contributed by atoms with Crippen molar-refractivity contribution in [2.75, 3.05) is 5.32 Å². The number of hydrogen-bond donors (Lipinski definition) is 1. The summed E-state index contributed by atoms with van der Waals surface area (Å²) in [6, 6.07) is 20.4. The molecule has 3 aromatic carbocycles. The Morgan fingerprint density at radius 3 is 2.12 bits per heavy atom. The third-order valence-corrected chi connectivity index (χ3v) is 6.45. The summed E-state index contributed by atoms with van der Waals surface area (Å²) in [7, 11) is -3.96. The van der Waals surface area contributed by atoms with Gasteiger partial charge < -0.3 is 5.32 Å². The number of rotatable bonds is 3. The van der Waals surface area contributed by atoms with Crippen LogP contribution < -0.4 is 5.32 Å². The Morgan fingerprint density at radius 2 is 1.48 bits per heavy atom. The van der Waals surface area contributed by atoms with Gasteiger partial charge in [-0.2, -0.15) is 13.2 Å². The van der Waals surface area contributed by atoms with Gasteiger partial charge in [0.25, 0.3) is 10.0 Å². The Balaban J connectivity index is 1.90. The zero-order valence-electron chi connectivity index (χ0n) is 16.8. The number of carbonyl (C=O) groups is 1. The van der Waals surface area contributed by atoms with E-state index in [1.165, 1.54) is 36.5 Å². The summed E-state index contributed by atoms with van der Waals surface area (Å²) in [5, 5.41) is 2.11. The van der Waals surface area contributed by atoms with Gasteiger partial charge in [-0.25, -0.2) is 12.4 Å². The van der Waals surface area contributed by atoms with Gasteiger partial charge in [-0.3, -0.25) is 4.79 Å². The fraction of sp³-hybridized carbons (Fsp3) is 0.0417. The van der Waals surface area contributed by atoms with E-state index in [0.29, 0.717) is 5.56 Å². The van der Waals surface area contributed by atoms with Crippen LogP contribution in [-0.4, -0.2) is 24.5 Å². The molecule has 0 aliphatic heterocycles. The maximum Gasteiger partial charge on any atom is 0.471 e. The van der Waals surface area contributed by atoms with Gasteiger partial charge in [0, 0.05) is 17.1 Å². The Morgan fingerprint density at radius 1 is 0.848 bits per heavy atom. The number of halogens is 3. The lowest BCUT2D eigenvalue weighted by molar-refractivity contribution is -0.167. The zero-order chi connectivity index (χ0) is 23.6. The van der Waals surface area contributed by atoms with Crippen LogP contribution in [0.25, 0.3) is 10.9 Å². The molecule has 0 saturated carbocycles. The molecule has 166 valence electrons. The van der Waals surface area contributed by atoms with Crippen LogP contribution in [0.2, 0.25) is 0 Å². The smallest absolute Gasteiger partial charge is 0.317 e. The lowest BCUT2D eigenvalue weighted by atomic mass is 10.1. The minimum Gasteiger partial charge on any atom is -0.317 e. The fourth-order valence-electron chi connectivity index (χ4n) is 3.20. The monoisotopic (exact) mass is 468 g/mol. The predicted molar refractivity (Wildman–Crippen MR) is 118 cm³/mol. The lowest BCUT2D eigenvalue weighted by Gasteiger charge is -2.12. The van der Waals surface area contributed by atoms with Gasteiger partial charge in [-0.05, 0) is 42.5 Å². The highest BCUT2D eigenvalue weighted by Gasteiger charge is 2.39. The molecule has 0 saturated heterocycles. The van der Waals surface area contributed by atoms with Crippen molar-refractivity contribution in [2.24, 2.45) is 0 Å². The van der Waals surface area contributed by atoms with Gasteiger partial charge in [-0.1, -0.05) is 48.2 Å². The first-order valence-corrected chi connectivity index (χ1v) is 11.0. The average molecular weight is 468 g/mol. The zero-order valence-corrected chi connectivity index (χ0v) is 17.6. The minimum absolute atomic E-state index is 0.0499. The van der Waals surface area contributed by atoms with Crippen molar-refractivity contribution in [1.29, 1.82) is 0 Å². The lowest BCUT2D eigenvalue weighted by Crippen LogP contribution is -2.30. The molecule has 0 atom stereocenters. The maximum absolute atomic E-state index is 13.1. The molecule has 0 fully saturated rings. The Labute approximate surface area is 187 Å². The highest BCUT2D eigenvalue weighted by molar-refractivity contribution is 7.90.